The van der Waals surface area contributed by atoms with Crippen LogP contribution in [0.4, 0.5) is 4.39 Å². The average molecular weight is 334 g/mol. The summed E-state index contributed by atoms with van der Waals surface area (Å²) < 4.78 is 18.6. The van der Waals surface area contributed by atoms with Crippen molar-refractivity contribution in [3.8, 4) is 0 Å². The summed E-state index contributed by atoms with van der Waals surface area (Å²) in [4.78, 5) is 13.4. The summed E-state index contributed by atoms with van der Waals surface area (Å²) in [5.41, 5.74) is 1.20. The van der Waals surface area contributed by atoms with Crippen LogP contribution in [0.2, 0.25) is 0 Å². The molecule has 4 rings (SSSR count). The zero-order chi connectivity index (χ0) is 16.6. The highest BCUT2D eigenvalue weighted by Gasteiger charge is 2.41. The molecular formula is C18H23FN2O3. The van der Waals surface area contributed by atoms with Crippen LogP contribution in [-0.2, 0) is 9.78 Å². The van der Waals surface area contributed by atoms with E-state index < -0.39 is 0 Å². The van der Waals surface area contributed by atoms with Crippen molar-refractivity contribution in [2.45, 2.75) is 50.7 Å². The van der Waals surface area contributed by atoms with Crippen LogP contribution in [0.3, 0.4) is 0 Å². The third-order valence-electron chi connectivity index (χ3n) is 5.48. The fraction of sp³-hybridized carbons (Fsp3) is 0.611. The fourth-order valence-corrected chi connectivity index (χ4v) is 4.06. The minimum atomic E-state index is -0.292. The number of benzene rings is 1. The van der Waals surface area contributed by atoms with Gasteiger partial charge in [0, 0.05) is 30.5 Å². The highest BCUT2D eigenvalue weighted by Crippen LogP contribution is 2.38. The van der Waals surface area contributed by atoms with Crippen molar-refractivity contribution in [1.82, 2.24) is 10.1 Å². The topological polar surface area (TPSA) is 47.7 Å². The van der Waals surface area contributed by atoms with Crippen LogP contribution in [0.15, 0.2) is 22.7 Å². The smallest absolute Gasteiger partial charge is 0.170 e. The van der Waals surface area contributed by atoms with Crippen molar-refractivity contribution < 1.29 is 18.7 Å². The van der Waals surface area contributed by atoms with Gasteiger partial charge in [0.15, 0.2) is 11.3 Å². The quantitative estimate of drug-likeness (QED) is 0.794. The lowest BCUT2D eigenvalue weighted by molar-refractivity contribution is -0.420. The maximum Gasteiger partial charge on any atom is 0.170 e. The Bertz CT molecular complexity index is 703. The van der Waals surface area contributed by atoms with Crippen molar-refractivity contribution in [3.63, 3.8) is 0 Å². The maximum atomic E-state index is 13.3. The minimum absolute atomic E-state index is 0.280. The molecule has 0 radical (unpaired) electrons. The molecule has 0 bridgehead atoms. The molecule has 5 nitrogen and oxygen atoms in total. The largest absolute Gasteiger partial charge is 0.356 e. The van der Waals surface area contributed by atoms with Crippen LogP contribution in [0.1, 0.15) is 50.6 Å². The molecule has 0 amide bonds. The van der Waals surface area contributed by atoms with E-state index in [0.29, 0.717) is 18.1 Å². The van der Waals surface area contributed by atoms with E-state index in [9.17, 15) is 4.39 Å². The second-order valence-electron chi connectivity index (χ2n) is 6.78. The molecule has 3 heterocycles. The highest BCUT2D eigenvalue weighted by atomic mass is 19.1. The monoisotopic (exact) mass is 334 g/mol. The van der Waals surface area contributed by atoms with Crippen molar-refractivity contribution in [2.24, 2.45) is 0 Å². The van der Waals surface area contributed by atoms with Gasteiger partial charge in [0.05, 0.1) is 12.3 Å². The Morgan fingerprint density at radius 3 is 2.88 bits per heavy atom. The van der Waals surface area contributed by atoms with Crippen LogP contribution in [-0.4, -0.2) is 35.5 Å². The predicted molar refractivity (Wildman–Crippen MR) is 86.8 cm³/mol. The van der Waals surface area contributed by atoms with Gasteiger partial charge in [-0.3, -0.25) is 4.90 Å². The predicted octanol–water partition coefficient (Wildman–Crippen LogP) is 3.99. The second kappa shape index (κ2) is 6.43. The van der Waals surface area contributed by atoms with Crippen LogP contribution in [0.25, 0.3) is 11.0 Å². The van der Waals surface area contributed by atoms with Crippen molar-refractivity contribution >= 4 is 11.0 Å². The first kappa shape index (κ1) is 16.0. The molecule has 1 aromatic carbocycles. The van der Waals surface area contributed by atoms with E-state index in [1.165, 1.54) is 12.1 Å². The van der Waals surface area contributed by atoms with E-state index in [1.54, 1.807) is 6.07 Å². The molecule has 0 saturated carbocycles. The fourth-order valence-electron chi connectivity index (χ4n) is 4.06. The molecule has 0 N–H and O–H groups in total. The molecule has 0 aliphatic carbocycles. The van der Waals surface area contributed by atoms with Crippen LogP contribution in [0, 0.1) is 5.82 Å². The lowest BCUT2D eigenvalue weighted by Gasteiger charge is -2.46. The van der Waals surface area contributed by atoms with Crippen LogP contribution < -0.4 is 0 Å². The molecule has 1 aromatic heterocycles. The average Bonchev–Trinajstić information content (AvgIpc) is 3.05. The Balaban J connectivity index is 1.49. The normalized spacial score (nSPS) is 26.9. The molecule has 130 valence electrons. The standard InChI is InChI=1S/C18H23FN2O3/c1-2-18(8-3-11-22-24-18)21-9-6-13(7-10-21)17-15-5-4-14(19)12-16(15)23-20-17/h4-5,12-13H,2-3,6-11H2,1H3. The van der Waals surface area contributed by atoms with Gasteiger partial charge in [-0.05, 0) is 44.2 Å². The Morgan fingerprint density at radius 2 is 2.17 bits per heavy atom. The van der Waals surface area contributed by atoms with E-state index in [2.05, 4.69) is 17.0 Å². The molecule has 2 aromatic rings. The number of piperidine rings is 1. The van der Waals surface area contributed by atoms with Gasteiger partial charge in [0.1, 0.15) is 5.82 Å². The Labute approximate surface area is 140 Å². The number of hydrogen-bond donors (Lipinski definition) is 0. The molecule has 6 heteroatoms. The van der Waals surface area contributed by atoms with Gasteiger partial charge in [-0.1, -0.05) is 12.1 Å². The molecule has 24 heavy (non-hydrogen) atoms. The van der Waals surface area contributed by atoms with Gasteiger partial charge < -0.3 is 4.52 Å². The van der Waals surface area contributed by atoms with Gasteiger partial charge in [-0.25, -0.2) is 14.2 Å². The Hall–Kier alpha value is -1.50. The minimum Gasteiger partial charge on any atom is -0.356 e. The summed E-state index contributed by atoms with van der Waals surface area (Å²) >= 11 is 0. The molecule has 2 aliphatic rings. The zero-order valence-electron chi connectivity index (χ0n) is 14.0. The first-order chi connectivity index (χ1) is 11.7. The summed E-state index contributed by atoms with van der Waals surface area (Å²) in [5, 5.41) is 5.15. The van der Waals surface area contributed by atoms with Gasteiger partial charge in [0.2, 0.25) is 0 Å². The van der Waals surface area contributed by atoms with Gasteiger partial charge in [-0.2, -0.15) is 0 Å². The molecular weight excluding hydrogens is 311 g/mol. The zero-order valence-corrected chi connectivity index (χ0v) is 14.0. The number of nitrogens with zero attached hydrogens (tertiary/aromatic N) is 2. The third-order valence-corrected chi connectivity index (χ3v) is 5.48. The van der Waals surface area contributed by atoms with Crippen molar-refractivity contribution in [3.05, 3.63) is 29.7 Å². The van der Waals surface area contributed by atoms with E-state index in [4.69, 9.17) is 14.3 Å². The number of rotatable bonds is 3. The van der Waals surface area contributed by atoms with Crippen molar-refractivity contribution in [2.75, 3.05) is 19.7 Å². The van der Waals surface area contributed by atoms with E-state index in [0.717, 1.165) is 56.3 Å². The number of halogens is 1. The number of likely N-dealkylation sites (tertiary alicyclic amines) is 1. The maximum absolute atomic E-state index is 13.3. The summed E-state index contributed by atoms with van der Waals surface area (Å²) in [7, 11) is 0. The lowest BCUT2D eigenvalue weighted by atomic mass is 9.89. The van der Waals surface area contributed by atoms with Crippen LogP contribution >= 0.6 is 0 Å². The molecule has 0 spiro atoms. The number of hydrogen-bond acceptors (Lipinski definition) is 5. The molecule has 2 saturated heterocycles. The van der Waals surface area contributed by atoms with E-state index in [-0.39, 0.29) is 11.5 Å². The second-order valence-corrected chi connectivity index (χ2v) is 6.78. The summed E-state index contributed by atoms with van der Waals surface area (Å²) in [5.74, 6) is 0.0470. The number of aromatic nitrogens is 1. The summed E-state index contributed by atoms with van der Waals surface area (Å²) in [6, 6.07) is 4.65. The molecule has 2 aliphatic heterocycles. The van der Waals surface area contributed by atoms with Crippen LogP contribution in [0.5, 0.6) is 0 Å². The molecule has 1 atom stereocenters. The summed E-state index contributed by atoms with van der Waals surface area (Å²) in [6.45, 7) is 4.72. The summed E-state index contributed by atoms with van der Waals surface area (Å²) in [6.07, 6.45) is 4.95. The first-order valence-electron chi connectivity index (χ1n) is 8.82. The lowest BCUT2D eigenvalue weighted by Crippen LogP contribution is -2.54. The Kier molecular flexibility index (Phi) is 4.28. The van der Waals surface area contributed by atoms with Gasteiger partial charge in [0.25, 0.3) is 0 Å². The molecule has 2 fully saturated rings. The third kappa shape index (κ3) is 2.72. The van der Waals surface area contributed by atoms with Gasteiger partial charge >= 0.3 is 0 Å². The van der Waals surface area contributed by atoms with Crippen molar-refractivity contribution in [1.29, 1.82) is 0 Å². The van der Waals surface area contributed by atoms with E-state index in [1.807, 2.05) is 0 Å². The Morgan fingerprint density at radius 1 is 1.33 bits per heavy atom. The highest BCUT2D eigenvalue weighted by molar-refractivity contribution is 5.79. The molecule has 1 unspecified atom stereocenters. The van der Waals surface area contributed by atoms with Gasteiger partial charge in [-0.15, -0.1) is 0 Å². The number of fused-ring (bicyclic) bond motifs is 1. The SMILES string of the molecule is CCC1(N2CCC(c3noc4cc(F)ccc34)CC2)CCCOO1. The van der Waals surface area contributed by atoms with E-state index >= 15 is 0 Å². The first-order valence-corrected chi connectivity index (χ1v) is 8.82.